The molecule has 27 heavy (non-hydrogen) atoms. The molecule has 2 atom stereocenters. The van der Waals surface area contributed by atoms with E-state index >= 15 is 0 Å². The number of piperidine rings is 1. The van der Waals surface area contributed by atoms with Crippen molar-refractivity contribution < 1.29 is 14.7 Å². The van der Waals surface area contributed by atoms with Gasteiger partial charge in [0.05, 0.1) is 5.92 Å². The minimum Gasteiger partial charge on any atom is -0.480 e. The van der Waals surface area contributed by atoms with Crippen LogP contribution in [0.2, 0.25) is 0 Å². The van der Waals surface area contributed by atoms with Crippen molar-refractivity contribution in [2.45, 2.75) is 38.6 Å². The fourth-order valence-corrected chi connectivity index (χ4v) is 3.43. The molecule has 0 aromatic heterocycles. The van der Waals surface area contributed by atoms with Crippen LogP contribution in [0, 0.1) is 5.92 Å². The molecule has 0 radical (unpaired) electrons. The quantitative estimate of drug-likeness (QED) is 0.728. The zero-order valence-electron chi connectivity index (χ0n) is 15.6. The molecule has 0 aliphatic carbocycles. The van der Waals surface area contributed by atoms with Gasteiger partial charge in [0, 0.05) is 12.2 Å². The second-order valence-corrected chi connectivity index (χ2v) is 7.09. The third kappa shape index (κ3) is 4.95. The lowest BCUT2D eigenvalue weighted by atomic mass is 9.94. The molecule has 2 unspecified atom stereocenters. The van der Waals surface area contributed by atoms with Crippen molar-refractivity contribution in [2.75, 3.05) is 11.9 Å². The van der Waals surface area contributed by atoms with Crippen LogP contribution in [0.5, 0.6) is 0 Å². The van der Waals surface area contributed by atoms with Crippen molar-refractivity contribution in [1.29, 1.82) is 0 Å². The van der Waals surface area contributed by atoms with Gasteiger partial charge < -0.3 is 15.7 Å². The molecule has 1 heterocycles. The lowest BCUT2D eigenvalue weighted by Crippen LogP contribution is -2.46. The molecule has 1 aliphatic heterocycles. The van der Waals surface area contributed by atoms with Crippen molar-refractivity contribution in [1.82, 2.24) is 5.32 Å². The van der Waals surface area contributed by atoms with Gasteiger partial charge >= 0.3 is 5.97 Å². The topological polar surface area (TPSA) is 78.4 Å². The summed E-state index contributed by atoms with van der Waals surface area (Å²) in [6, 6.07) is 15.9. The van der Waals surface area contributed by atoms with E-state index in [0.29, 0.717) is 19.4 Å². The largest absolute Gasteiger partial charge is 0.480 e. The number of carbonyl (C=O) groups is 2. The predicted molar refractivity (Wildman–Crippen MR) is 107 cm³/mol. The van der Waals surface area contributed by atoms with Crippen LogP contribution in [0.15, 0.2) is 48.5 Å². The first-order valence-corrected chi connectivity index (χ1v) is 9.53. The van der Waals surface area contributed by atoms with Crippen molar-refractivity contribution in [3.63, 3.8) is 0 Å². The number of benzene rings is 2. The summed E-state index contributed by atoms with van der Waals surface area (Å²) in [6.07, 6.45) is 3.29. The van der Waals surface area contributed by atoms with E-state index in [0.717, 1.165) is 29.7 Å². The standard InChI is InChI=1S/C22H26N2O3/c1-2-3-15-4-6-16(7-5-15)17-8-11-19(12-9-17)24-21(25)18-10-13-20(22(26)27)23-14-18/h4-9,11-12,18,20,23H,2-3,10,13-14H2,1H3,(H,24,25)(H,26,27). The number of hydrogen-bond donors (Lipinski definition) is 3. The van der Waals surface area contributed by atoms with Gasteiger partial charge in [0.25, 0.3) is 0 Å². The number of aliphatic carboxylic acids is 1. The summed E-state index contributed by atoms with van der Waals surface area (Å²) < 4.78 is 0. The Balaban J connectivity index is 1.57. The Labute approximate surface area is 159 Å². The Bertz CT molecular complexity index is 776. The van der Waals surface area contributed by atoms with Gasteiger partial charge in [-0.1, -0.05) is 49.7 Å². The molecule has 1 fully saturated rings. The Morgan fingerprint density at radius 3 is 2.19 bits per heavy atom. The fourth-order valence-electron chi connectivity index (χ4n) is 3.43. The molecule has 2 aromatic rings. The fraction of sp³-hybridized carbons (Fsp3) is 0.364. The average molecular weight is 366 g/mol. The second kappa shape index (κ2) is 8.82. The Kier molecular flexibility index (Phi) is 6.24. The number of carbonyl (C=O) groups excluding carboxylic acids is 1. The number of aryl methyl sites for hydroxylation is 1. The van der Waals surface area contributed by atoms with Crippen LogP contribution in [0.4, 0.5) is 5.69 Å². The van der Waals surface area contributed by atoms with E-state index in [-0.39, 0.29) is 11.8 Å². The van der Waals surface area contributed by atoms with E-state index < -0.39 is 12.0 Å². The average Bonchev–Trinajstić information content (AvgIpc) is 2.69. The highest BCUT2D eigenvalue weighted by atomic mass is 16.4. The summed E-state index contributed by atoms with van der Waals surface area (Å²) in [5.74, 6) is -1.12. The maximum atomic E-state index is 12.4. The summed E-state index contributed by atoms with van der Waals surface area (Å²) in [5.41, 5.74) is 4.37. The highest BCUT2D eigenvalue weighted by Gasteiger charge is 2.29. The molecule has 0 saturated carbocycles. The van der Waals surface area contributed by atoms with Gasteiger partial charge in [-0.25, -0.2) is 0 Å². The molecule has 0 bridgehead atoms. The van der Waals surface area contributed by atoms with E-state index in [9.17, 15) is 9.59 Å². The zero-order valence-corrected chi connectivity index (χ0v) is 15.6. The van der Waals surface area contributed by atoms with E-state index in [1.807, 2.05) is 24.3 Å². The lowest BCUT2D eigenvalue weighted by molar-refractivity contribution is -0.141. The van der Waals surface area contributed by atoms with Gasteiger partial charge in [-0.15, -0.1) is 0 Å². The molecule has 3 N–H and O–H groups in total. The van der Waals surface area contributed by atoms with Crippen molar-refractivity contribution in [3.8, 4) is 11.1 Å². The highest BCUT2D eigenvalue weighted by Crippen LogP contribution is 2.23. The Hall–Kier alpha value is -2.66. The van der Waals surface area contributed by atoms with Crippen LogP contribution >= 0.6 is 0 Å². The van der Waals surface area contributed by atoms with Gasteiger partial charge in [-0.05, 0) is 48.1 Å². The van der Waals surface area contributed by atoms with Gasteiger partial charge in [-0.3, -0.25) is 9.59 Å². The second-order valence-electron chi connectivity index (χ2n) is 7.09. The maximum absolute atomic E-state index is 12.4. The molecule has 5 nitrogen and oxygen atoms in total. The molecular weight excluding hydrogens is 340 g/mol. The lowest BCUT2D eigenvalue weighted by Gasteiger charge is -2.26. The molecule has 2 aromatic carbocycles. The number of nitrogens with one attached hydrogen (secondary N) is 2. The van der Waals surface area contributed by atoms with Gasteiger partial charge in [0.15, 0.2) is 0 Å². The smallest absolute Gasteiger partial charge is 0.320 e. The summed E-state index contributed by atoms with van der Waals surface area (Å²) in [4.78, 5) is 23.4. The van der Waals surface area contributed by atoms with Gasteiger partial charge in [0.2, 0.25) is 5.91 Å². The summed E-state index contributed by atoms with van der Waals surface area (Å²) in [7, 11) is 0. The molecule has 0 spiro atoms. The maximum Gasteiger partial charge on any atom is 0.320 e. The number of carboxylic acid groups (broad SMARTS) is 1. The summed E-state index contributed by atoms with van der Waals surface area (Å²) in [5, 5.41) is 14.8. The summed E-state index contributed by atoms with van der Waals surface area (Å²) in [6.45, 7) is 2.57. The predicted octanol–water partition coefficient (Wildman–Crippen LogP) is 3.70. The van der Waals surface area contributed by atoms with Crippen LogP contribution in [0.25, 0.3) is 11.1 Å². The van der Waals surface area contributed by atoms with Crippen LogP contribution in [0.1, 0.15) is 31.7 Å². The van der Waals surface area contributed by atoms with E-state index in [4.69, 9.17) is 5.11 Å². The first-order chi connectivity index (χ1) is 13.1. The van der Waals surface area contributed by atoms with Crippen LogP contribution in [-0.2, 0) is 16.0 Å². The number of amides is 1. The molecule has 3 rings (SSSR count). The normalized spacial score (nSPS) is 19.4. The first kappa shape index (κ1) is 19.1. The molecule has 142 valence electrons. The number of carboxylic acids is 1. The van der Waals surface area contributed by atoms with Crippen molar-refractivity contribution in [2.24, 2.45) is 5.92 Å². The minimum absolute atomic E-state index is 0.0667. The zero-order chi connectivity index (χ0) is 19.2. The van der Waals surface area contributed by atoms with Crippen LogP contribution in [0.3, 0.4) is 0 Å². The van der Waals surface area contributed by atoms with Gasteiger partial charge in [0.1, 0.15) is 6.04 Å². The highest BCUT2D eigenvalue weighted by molar-refractivity contribution is 5.93. The molecule has 1 aliphatic rings. The van der Waals surface area contributed by atoms with Crippen LogP contribution in [-0.4, -0.2) is 29.6 Å². The molecule has 1 saturated heterocycles. The number of rotatable bonds is 6. The number of hydrogen-bond acceptors (Lipinski definition) is 3. The minimum atomic E-state index is -0.854. The molecule has 5 heteroatoms. The van der Waals surface area contributed by atoms with Crippen molar-refractivity contribution >= 4 is 17.6 Å². The van der Waals surface area contributed by atoms with Crippen LogP contribution < -0.4 is 10.6 Å². The Morgan fingerprint density at radius 1 is 1.04 bits per heavy atom. The summed E-state index contributed by atoms with van der Waals surface area (Å²) >= 11 is 0. The van der Waals surface area contributed by atoms with E-state index in [1.165, 1.54) is 5.56 Å². The Morgan fingerprint density at radius 2 is 1.67 bits per heavy atom. The van der Waals surface area contributed by atoms with E-state index in [1.54, 1.807) is 0 Å². The third-order valence-corrected chi connectivity index (χ3v) is 5.06. The SMILES string of the molecule is CCCc1ccc(-c2ccc(NC(=O)C3CCC(C(=O)O)NC3)cc2)cc1. The third-order valence-electron chi connectivity index (χ3n) is 5.06. The van der Waals surface area contributed by atoms with E-state index in [2.05, 4.69) is 41.8 Å². The van der Waals surface area contributed by atoms with Gasteiger partial charge in [-0.2, -0.15) is 0 Å². The van der Waals surface area contributed by atoms with Crippen molar-refractivity contribution in [3.05, 3.63) is 54.1 Å². The number of anilines is 1. The molecular formula is C22H26N2O3. The monoisotopic (exact) mass is 366 g/mol. The molecule has 1 amide bonds. The first-order valence-electron chi connectivity index (χ1n) is 9.53.